The Labute approximate surface area is 176 Å². The van der Waals surface area contributed by atoms with Gasteiger partial charge in [-0.15, -0.1) is 0 Å². The summed E-state index contributed by atoms with van der Waals surface area (Å²) in [6, 6.07) is 12.2. The number of piperazine rings is 1. The Bertz CT molecular complexity index is 1010. The minimum absolute atomic E-state index is 0.131. The van der Waals surface area contributed by atoms with Gasteiger partial charge in [0.15, 0.2) is 0 Å². The molecule has 1 atom stereocenters. The predicted octanol–water partition coefficient (Wildman–Crippen LogP) is 2.34. The van der Waals surface area contributed by atoms with E-state index in [9.17, 15) is 17.6 Å². The lowest BCUT2D eigenvalue weighted by molar-refractivity contribution is -0.132. The first-order valence-electron chi connectivity index (χ1n) is 9.64. The number of benzene rings is 2. The molecule has 0 radical (unpaired) electrons. The lowest BCUT2D eigenvalue weighted by Gasteiger charge is -2.39. The molecular weight excluding hydrogens is 409 g/mol. The average molecular weight is 436 g/mol. The number of rotatable bonds is 6. The summed E-state index contributed by atoms with van der Waals surface area (Å²) in [5.41, 5.74) is 0.817. The number of carbonyl (C=O) groups is 1. The lowest BCUT2D eigenvalue weighted by atomic mass is 10.2. The van der Waals surface area contributed by atoms with E-state index in [0.717, 1.165) is 22.0 Å². The Morgan fingerprint density at radius 2 is 1.67 bits per heavy atom. The second-order valence-corrected chi connectivity index (χ2v) is 9.03. The fourth-order valence-corrected chi connectivity index (χ4v) is 4.90. The molecule has 1 heterocycles. The molecule has 0 unspecified atom stereocenters. The van der Waals surface area contributed by atoms with Gasteiger partial charge in [0.05, 0.1) is 24.7 Å². The summed E-state index contributed by atoms with van der Waals surface area (Å²) in [6.45, 7) is 3.50. The highest BCUT2D eigenvalue weighted by molar-refractivity contribution is 7.92. The van der Waals surface area contributed by atoms with Crippen molar-refractivity contribution in [1.82, 2.24) is 4.90 Å². The molecule has 2 aromatic carbocycles. The van der Waals surface area contributed by atoms with Gasteiger partial charge in [-0.05, 0) is 31.2 Å². The Morgan fingerprint density at radius 3 is 2.27 bits per heavy atom. The highest BCUT2D eigenvalue weighted by Crippen LogP contribution is 2.29. The van der Waals surface area contributed by atoms with Gasteiger partial charge in [-0.3, -0.25) is 9.10 Å². The number of nitrogens with zero attached hydrogens (tertiary/aromatic N) is 3. The van der Waals surface area contributed by atoms with Gasteiger partial charge >= 0.3 is 0 Å². The van der Waals surface area contributed by atoms with Gasteiger partial charge in [0.25, 0.3) is 0 Å². The van der Waals surface area contributed by atoms with Gasteiger partial charge in [0.1, 0.15) is 17.6 Å². The minimum atomic E-state index is -3.87. The van der Waals surface area contributed by atoms with Gasteiger partial charge in [0.2, 0.25) is 15.9 Å². The van der Waals surface area contributed by atoms with E-state index in [1.165, 1.54) is 25.1 Å². The Balaban J connectivity index is 1.75. The van der Waals surface area contributed by atoms with Crippen LogP contribution in [0, 0.1) is 5.82 Å². The summed E-state index contributed by atoms with van der Waals surface area (Å²) < 4.78 is 45.3. The quantitative estimate of drug-likeness (QED) is 0.697. The third-order valence-corrected chi connectivity index (χ3v) is 6.40. The maximum Gasteiger partial charge on any atom is 0.246 e. The number of hydrogen-bond donors (Lipinski definition) is 0. The van der Waals surface area contributed by atoms with Crippen molar-refractivity contribution in [2.24, 2.45) is 0 Å². The third-order valence-electron chi connectivity index (χ3n) is 5.17. The monoisotopic (exact) mass is 435 g/mol. The van der Waals surface area contributed by atoms with Gasteiger partial charge < -0.3 is 14.5 Å². The summed E-state index contributed by atoms with van der Waals surface area (Å²) in [5.74, 6) is -0.291. The Morgan fingerprint density at radius 1 is 1.07 bits per heavy atom. The van der Waals surface area contributed by atoms with Crippen LogP contribution >= 0.6 is 0 Å². The van der Waals surface area contributed by atoms with Crippen molar-refractivity contribution < 1.29 is 22.3 Å². The lowest BCUT2D eigenvalue weighted by Crippen LogP contribution is -2.55. The van der Waals surface area contributed by atoms with Crippen LogP contribution in [0.15, 0.2) is 48.5 Å². The molecule has 1 amide bonds. The highest BCUT2D eigenvalue weighted by Gasteiger charge is 2.34. The average Bonchev–Trinajstić information content (AvgIpc) is 2.74. The van der Waals surface area contributed by atoms with Crippen LogP contribution < -0.4 is 13.9 Å². The summed E-state index contributed by atoms with van der Waals surface area (Å²) >= 11 is 0. The second-order valence-electron chi connectivity index (χ2n) is 7.17. The van der Waals surface area contributed by atoms with E-state index >= 15 is 0 Å². The first-order chi connectivity index (χ1) is 14.2. The number of sulfonamides is 1. The van der Waals surface area contributed by atoms with E-state index in [-0.39, 0.29) is 11.6 Å². The molecule has 9 heteroatoms. The summed E-state index contributed by atoms with van der Waals surface area (Å²) in [7, 11) is -2.25. The Kier molecular flexibility index (Phi) is 6.50. The van der Waals surface area contributed by atoms with Crippen LogP contribution in [-0.4, -0.2) is 64.8 Å². The van der Waals surface area contributed by atoms with E-state index < -0.39 is 21.9 Å². The molecule has 162 valence electrons. The number of halogens is 1. The zero-order chi connectivity index (χ0) is 21.9. The van der Waals surface area contributed by atoms with Gasteiger partial charge in [0, 0.05) is 26.2 Å². The Hall–Kier alpha value is -2.81. The highest BCUT2D eigenvalue weighted by atomic mass is 32.2. The van der Waals surface area contributed by atoms with Gasteiger partial charge in [-0.1, -0.05) is 24.3 Å². The van der Waals surface area contributed by atoms with Crippen molar-refractivity contribution in [2.45, 2.75) is 13.0 Å². The van der Waals surface area contributed by atoms with Gasteiger partial charge in [-0.25, -0.2) is 12.8 Å². The molecule has 0 N–H and O–H groups in total. The number of amides is 1. The number of hydrogen-bond acceptors (Lipinski definition) is 5. The zero-order valence-electron chi connectivity index (χ0n) is 17.3. The number of para-hydroxylation sites is 3. The molecule has 1 saturated heterocycles. The van der Waals surface area contributed by atoms with Crippen LogP contribution in [0.3, 0.4) is 0 Å². The van der Waals surface area contributed by atoms with Crippen LogP contribution in [0.1, 0.15) is 6.92 Å². The molecule has 0 saturated carbocycles. The van der Waals surface area contributed by atoms with Crippen LogP contribution in [0.25, 0.3) is 0 Å². The molecule has 1 aliphatic rings. The first-order valence-corrected chi connectivity index (χ1v) is 11.5. The molecular formula is C21H26FN3O4S. The first kappa shape index (κ1) is 21.9. The van der Waals surface area contributed by atoms with E-state index in [1.807, 2.05) is 24.3 Å². The molecule has 0 aromatic heterocycles. The SMILES string of the molecule is COc1ccccc1N1CCN(C(=O)[C@@H](C)N(c2ccccc2F)S(C)(=O)=O)CC1. The van der Waals surface area contributed by atoms with E-state index in [1.54, 1.807) is 18.1 Å². The minimum Gasteiger partial charge on any atom is -0.495 e. The topological polar surface area (TPSA) is 70.2 Å². The molecule has 2 aromatic rings. The molecule has 0 bridgehead atoms. The number of ether oxygens (including phenoxy) is 1. The summed E-state index contributed by atoms with van der Waals surface area (Å²) in [5, 5.41) is 0. The normalized spacial score (nSPS) is 15.6. The fraction of sp³-hybridized carbons (Fsp3) is 0.381. The van der Waals surface area contributed by atoms with E-state index in [0.29, 0.717) is 26.2 Å². The van der Waals surface area contributed by atoms with Gasteiger partial charge in [-0.2, -0.15) is 0 Å². The van der Waals surface area contributed by atoms with Crippen LogP contribution in [0.2, 0.25) is 0 Å². The smallest absolute Gasteiger partial charge is 0.246 e. The van der Waals surface area contributed by atoms with E-state index in [4.69, 9.17) is 4.74 Å². The number of anilines is 2. The maximum atomic E-state index is 14.3. The predicted molar refractivity (Wildman–Crippen MR) is 115 cm³/mol. The second kappa shape index (κ2) is 8.91. The van der Waals surface area contributed by atoms with Crippen molar-refractivity contribution in [1.29, 1.82) is 0 Å². The molecule has 30 heavy (non-hydrogen) atoms. The fourth-order valence-electron chi connectivity index (χ4n) is 3.73. The van der Waals surface area contributed by atoms with E-state index in [2.05, 4.69) is 4.90 Å². The summed E-state index contributed by atoms with van der Waals surface area (Å²) in [4.78, 5) is 16.8. The van der Waals surface area contributed by atoms with Crippen LogP contribution in [-0.2, 0) is 14.8 Å². The number of carbonyl (C=O) groups excluding carboxylic acids is 1. The third kappa shape index (κ3) is 4.51. The van der Waals surface area contributed by atoms with Crippen LogP contribution in [0.5, 0.6) is 5.75 Å². The summed E-state index contributed by atoms with van der Waals surface area (Å²) in [6.07, 6.45) is 0.975. The molecule has 3 rings (SSSR count). The standard InChI is InChI=1S/C21H26FN3O4S/c1-16(25(30(3,27)28)18-9-5-4-8-17(18)22)21(26)24-14-12-23(13-15-24)19-10-6-7-11-20(19)29-2/h4-11,16H,12-15H2,1-3H3/t16-/m1/s1. The molecule has 7 nitrogen and oxygen atoms in total. The molecule has 1 aliphatic heterocycles. The van der Waals surface area contributed by atoms with Crippen LogP contribution in [0.4, 0.5) is 15.8 Å². The molecule has 1 fully saturated rings. The van der Waals surface area contributed by atoms with Crippen molar-refractivity contribution in [3.05, 3.63) is 54.3 Å². The van der Waals surface area contributed by atoms with Crippen molar-refractivity contribution in [3.8, 4) is 5.75 Å². The van der Waals surface area contributed by atoms with Crippen molar-refractivity contribution in [2.75, 3.05) is 48.7 Å². The molecule has 0 aliphatic carbocycles. The van der Waals surface area contributed by atoms with Crippen molar-refractivity contribution in [3.63, 3.8) is 0 Å². The zero-order valence-corrected chi connectivity index (χ0v) is 18.1. The molecule has 0 spiro atoms. The van der Waals surface area contributed by atoms with Crippen molar-refractivity contribution >= 4 is 27.3 Å². The maximum absolute atomic E-state index is 14.3. The largest absolute Gasteiger partial charge is 0.495 e. The number of methoxy groups -OCH3 is 1.